The predicted octanol–water partition coefficient (Wildman–Crippen LogP) is 3.82. The first-order chi connectivity index (χ1) is 14.4. The molecule has 2 aromatic heterocycles. The summed E-state index contributed by atoms with van der Waals surface area (Å²) in [6, 6.07) is 1.92. The third-order valence-electron chi connectivity index (χ3n) is 7.96. The summed E-state index contributed by atoms with van der Waals surface area (Å²) < 4.78 is 33.8. The topological polar surface area (TPSA) is 85.6 Å². The lowest BCUT2D eigenvalue weighted by molar-refractivity contribution is -0.0436. The Morgan fingerprint density at radius 3 is 2.43 bits per heavy atom. The van der Waals surface area contributed by atoms with Gasteiger partial charge >= 0.3 is 0 Å². The zero-order valence-corrected chi connectivity index (χ0v) is 18.3. The lowest BCUT2D eigenvalue weighted by Gasteiger charge is -2.54. The Labute approximate surface area is 177 Å². The number of pyridine rings is 1. The molecule has 0 aromatic carbocycles. The first-order valence-corrected chi connectivity index (χ1v) is 13.3. The molecule has 0 spiro atoms. The molecule has 0 aliphatic heterocycles. The Morgan fingerprint density at radius 1 is 1.10 bits per heavy atom. The van der Waals surface area contributed by atoms with Crippen LogP contribution in [0.25, 0.3) is 5.65 Å². The van der Waals surface area contributed by atoms with Gasteiger partial charge < -0.3 is 4.74 Å². The van der Waals surface area contributed by atoms with E-state index in [1.54, 1.807) is 4.40 Å². The average Bonchev–Trinajstić information content (AvgIpc) is 3.45. The fourth-order valence-electron chi connectivity index (χ4n) is 6.81. The van der Waals surface area contributed by atoms with E-state index in [2.05, 4.69) is 14.9 Å². The van der Waals surface area contributed by atoms with Crippen LogP contribution in [0.1, 0.15) is 62.8 Å². The Hall–Kier alpha value is -1.83. The number of hydrogen-bond donors (Lipinski definition) is 1. The Balaban J connectivity index is 1.19. The summed E-state index contributed by atoms with van der Waals surface area (Å²) in [5.74, 6) is 6.32. The van der Waals surface area contributed by atoms with Crippen molar-refractivity contribution in [3.05, 3.63) is 17.8 Å². The van der Waals surface area contributed by atoms with E-state index in [0.717, 1.165) is 73.0 Å². The zero-order chi connectivity index (χ0) is 20.5. The maximum Gasteiger partial charge on any atom is 0.242 e. The average molecular weight is 431 g/mol. The molecule has 2 heterocycles. The van der Waals surface area contributed by atoms with Gasteiger partial charge in [0, 0.05) is 17.8 Å². The second-order valence-corrected chi connectivity index (χ2v) is 12.0. The van der Waals surface area contributed by atoms with Crippen LogP contribution in [0.5, 0.6) is 5.75 Å². The predicted molar refractivity (Wildman–Crippen MR) is 114 cm³/mol. The fraction of sp³-hybridized carbons (Fsp3) is 0.727. The van der Waals surface area contributed by atoms with E-state index in [1.807, 2.05) is 12.3 Å². The number of nitrogens with zero attached hydrogens (tertiary/aromatic N) is 3. The molecular formula is C22H30N4O3S. The van der Waals surface area contributed by atoms with Gasteiger partial charge in [-0.3, -0.25) is 9.12 Å². The zero-order valence-electron chi connectivity index (χ0n) is 17.5. The summed E-state index contributed by atoms with van der Waals surface area (Å²) in [5, 5.41) is 8.16. The molecule has 0 unspecified atom stereocenters. The molecule has 2 aromatic rings. The minimum Gasteiger partial charge on any atom is -0.493 e. The molecule has 4 bridgehead atoms. The largest absolute Gasteiger partial charge is 0.493 e. The van der Waals surface area contributed by atoms with E-state index in [-0.39, 0.29) is 5.95 Å². The van der Waals surface area contributed by atoms with Gasteiger partial charge in [-0.1, -0.05) is 0 Å². The minimum atomic E-state index is -3.41. The lowest BCUT2D eigenvalue weighted by Crippen LogP contribution is -2.45. The Morgan fingerprint density at radius 2 is 1.80 bits per heavy atom. The van der Waals surface area contributed by atoms with E-state index in [1.165, 1.54) is 32.1 Å². The van der Waals surface area contributed by atoms with E-state index in [9.17, 15) is 8.42 Å². The van der Waals surface area contributed by atoms with E-state index in [4.69, 9.17) is 4.74 Å². The van der Waals surface area contributed by atoms with Gasteiger partial charge in [0.05, 0.1) is 12.9 Å². The number of ether oxygens (including phenoxy) is 1. The summed E-state index contributed by atoms with van der Waals surface area (Å²) in [4.78, 5) is 0. The monoisotopic (exact) mass is 430 g/mol. The molecule has 30 heavy (non-hydrogen) atoms. The summed E-state index contributed by atoms with van der Waals surface area (Å²) in [7, 11) is -3.41. The number of nitrogens with one attached hydrogen (secondary N) is 1. The van der Waals surface area contributed by atoms with Crippen LogP contribution in [0, 0.1) is 29.6 Å². The SMILES string of the molecule is CS(=O)(=O)Nc1nnc2cc(OCCC3C4CC5CC(C4)CC3C5)c(C3CC3)cn12. The Bertz CT molecular complexity index is 1050. The first kappa shape index (κ1) is 18.9. The molecule has 0 radical (unpaired) electrons. The van der Waals surface area contributed by atoms with Crippen molar-refractivity contribution in [2.75, 3.05) is 17.6 Å². The first-order valence-electron chi connectivity index (χ1n) is 11.4. The highest BCUT2D eigenvalue weighted by Gasteiger charge is 2.47. The number of aromatic nitrogens is 3. The van der Waals surface area contributed by atoms with Crippen LogP contribution in [0.3, 0.4) is 0 Å². The van der Waals surface area contributed by atoms with Crippen LogP contribution in [-0.4, -0.2) is 35.9 Å². The van der Waals surface area contributed by atoms with Gasteiger partial charge in [0.15, 0.2) is 5.65 Å². The summed E-state index contributed by atoms with van der Waals surface area (Å²) in [6.07, 6.45) is 13.8. The second-order valence-electron chi connectivity index (χ2n) is 10.2. The maximum atomic E-state index is 11.6. The van der Waals surface area contributed by atoms with Gasteiger partial charge in [0.1, 0.15) is 5.75 Å². The molecule has 5 fully saturated rings. The van der Waals surface area contributed by atoms with Crippen LogP contribution in [-0.2, 0) is 10.0 Å². The van der Waals surface area contributed by atoms with Gasteiger partial charge in [-0.25, -0.2) is 8.42 Å². The van der Waals surface area contributed by atoms with Crippen molar-refractivity contribution in [1.82, 2.24) is 14.6 Å². The van der Waals surface area contributed by atoms with E-state index < -0.39 is 10.0 Å². The molecule has 0 saturated heterocycles. The fourth-order valence-corrected chi connectivity index (χ4v) is 7.28. The number of sulfonamides is 1. The number of hydrogen-bond acceptors (Lipinski definition) is 5. The molecule has 5 aliphatic rings. The number of anilines is 1. The molecule has 7 rings (SSSR count). The molecular weight excluding hydrogens is 400 g/mol. The molecule has 162 valence electrons. The lowest BCUT2D eigenvalue weighted by atomic mass is 9.51. The number of rotatable bonds is 7. The number of fused-ring (bicyclic) bond motifs is 1. The van der Waals surface area contributed by atoms with Gasteiger partial charge in [0.25, 0.3) is 0 Å². The van der Waals surface area contributed by atoms with E-state index in [0.29, 0.717) is 11.6 Å². The van der Waals surface area contributed by atoms with Crippen molar-refractivity contribution in [1.29, 1.82) is 0 Å². The van der Waals surface area contributed by atoms with Crippen molar-refractivity contribution in [2.24, 2.45) is 29.6 Å². The van der Waals surface area contributed by atoms with Crippen molar-refractivity contribution >= 4 is 21.6 Å². The van der Waals surface area contributed by atoms with Crippen molar-refractivity contribution in [3.63, 3.8) is 0 Å². The minimum absolute atomic E-state index is 0.231. The van der Waals surface area contributed by atoms with Crippen LogP contribution >= 0.6 is 0 Å². The summed E-state index contributed by atoms with van der Waals surface area (Å²) in [6.45, 7) is 0.755. The van der Waals surface area contributed by atoms with Crippen LogP contribution in [0.4, 0.5) is 5.95 Å². The highest BCUT2D eigenvalue weighted by atomic mass is 32.2. The van der Waals surface area contributed by atoms with Crippen LogP contribution in [0.15, 0.2) is 12.3 Å². The van der Waals surface area contributed by atoms with Crippen molar-refractivity contribution < 1.29 is 13.2 Å². The molecule has 0 amide bonds. The third-order valence-corrected chi connectivity index (χ3v) is 8.51. The molecule has 5 saturated carbocycles. The van der Waals surface area contributed by atoms with Gasteiger partial charge in [0.2, 0.25) is 16.0 Å². The smallest absolute Gasteiger partial charge is 0.242 e. The molecule has 5 aliphatic carbocycles. The molecule has 1 N–H and O–H groups in total. The highest BCUT2D eigenvalue weighted by Crippen LogP contribution is 2.57. The maximum absolute atomic E-state index is 11.6. The molecule has 7 nitrogen and oxygen atoms in total. The summed E-state index contributed by atoms with van der Waals surface area (Å²) in [5.41, 5.74) is 1.75. The van der Waals surface area contributed by atoms with Crippen molar-refractivity contribution in [3.8, 4) is 5.75 Å². The third kappa shape index (κ3) is 3.47. The molecule has 0 atom stereocenters. The quantitative estimate of drug-likeness (QED) is 0.722. The van der Waals surface area contributed by atoms with Crippen LogP contribution in [0.2, 0.25) is 0 Å². The van der Waals surface area contributed by atoms with Crippen molar-refractivity contribution in [2.45, 2.75) is 57.3 Å². The van der Waals surface area contributed by atoms with Gasteiger partial charge in [-0.05, 0) is 86.9 Å². The van der Waals surface area contributed by atoms with Crippen LogP contribution < -0.4 is 9.46 Å². The second kappa shape index (κ2) is 6.84. The standard InChI is InChI=1S/C22H30N4O3S/c1-30(27,28)25-22-24-23-21-11-20(19(12-26(21)22)15-2-3-15)29-5-4-18-16-7-13-6-14(9-16)10-17(18)8-13/h11-18H,2-10H2,1H3,(H,24,25). The normalized spacial score (nSPS) is 32.6. The highest BCUT2D eigenvalue weighted by molar-refractivity contribution is 7.92. The Kier molecular flexibility index (Phi) is 4.31. The van der Waals surface area contributed by atoms with Gasteiger partial charge in [-0.15, -0.1) is 10.2 Å². The van der Waals surface area contributed by atoms with Gasteiger partial charge in [-0.2, -0.15) is 0 Å². The molecule has 8 heteroatoms. The van der Waals surface area contributed by atoms with E-state index >= 15 is 0 Å². The summed E-state index contributed by atoms with van der Waals surface area (Å²) >= 11 is 0.